The fourth-order valence-electron chi connectivity index (χ4n) is 2.27. The Bertz CT molecular complexity index is 788. The molecule has 0 radical (unpaired) electrons. The molecule has 8 nitrogen and oxygen atoms in total. The molecule has 0 heterocycles. The van der Waals surface area contributed by atoms with Crippen molar-refractivity contribution < 1.29 is 24.4 Å². The molecule has 0 fully saturated rings. The number of esters is 1. The summed E-state index contributed by atoms with van der Waals surface area (Å²) in [7, 11) is 1.17. The van der Waals surface area contributed by atoms with E-state index in [-0.39, 0.29) is 23.4 Å². The lowest BCUT2D eigenvalue weighted by Gasteiger charge is -2.16. The van der Waals surface area contributed by atoms with Gasteiger partial charge in [0, 0.05) is 23.6 Å². The summed E-state index contributed by atoms with van der Waals surface area (Å²) in [5.41, 5.74) is 0.387. The molecule has 0 aliphatic rings. The fourth-order valence-corrected chi connectivity index (χ4v) is 2.27. The second-order valence-electron chi connectivity index (χ2n) is 5.19. The molecule has 0 saturated heterocycles. The molecule has 130 valence electrons. The number of nitrogens with zero attached hydrogens (tertiary/aromatic N) is 1. The van der Waals surface area contributed by atoms with Gasteiger partial charge < -0.3 is 15.2 Å². The number of hydrogen-bond acceptors (Lipinski definition) is 6. The second kappa shape index (κ2) is 7.91. The van der Waals surface area contributed by atoms with Crippen molar-refractivity contribution in [2.45, 2.75) is 12.5 Å². The lowest BCUT2D eigenvalue weighted by atomic mass is 10.0. The monoisotopic (exact) mass is 344 g/mol. The van der Waals surface area contributed by atoms with Crippen LogP contribution in [0, 0.1) is 10.1 Å². The van der Waals surface area contributed by atoms with E-state index in [2.05, 4.69) is 10.1 Å². The van der Waals surface area contributed by atoms with Gasteiger partial charge in [0.15, 0.2) is 0 Å². The van der Waals surface area contributed by atoms with Gasteiger partial charge in [0.2, 0.25) is 0 Å². The Kier molecular flexibility index (Phi) is 5.67. The molecular weight excluding hydrogens is 328 g/mol. The highest BCUT2D eigenvalue weighted by atomic mass is 16.6. The van der Waals surface area contributed by atoms with Crippen LogP contribution in [0.4, 0.5) is 5.69 Å². The van der Waals surface area contributed by atoms with E-state index >= 15 is 0 Å². The van der Waals surface area contributed by atoms with Gasteiger partial charge in [-0.3, -0.25) is 14.9 Å². The van der Waals surface area contributed by atoms with Gasteiger partial charge in [0.25, 0.3) is 11.6 Å². The minimum absolute atomic E-state index is 0.000906. The maximum atomic E-state index is 12.3. The smallest absolute Gasteiger partial charge is 0.328 e. The van der Waals surface area contributed by atoms with E-state index < -0.39 is 22.8 Å². The highest BCUT2D eigenvalue weighted by Crippen LogP contribution is 2.20. The lowest BCUT2D eigenvalue weighted by Crippen LogP contribution is -2.43. The summed E-state index contributed by atoms with van der Waals surface area (Å²) in [5, 5.41) is 22.9. The largest absolute Gasteiger partial charge is 0.508 e. The summed E-state index contributed by atoms with van der Waals surface area (Å²) >= 11 is 0. The number of nitro benzene ring substituents is 1. The zero-order valence-corrected chi connectivity index (χ0v) is 13.3. The van der Waals surface area contributed by atoms with Crippen molar-refractivity contribution in [2.24, 2.45) is 0 Å². The van der Waals surface area contributed by atoms with Gasteiger partial charge in [-0.25, -0.2) is 4.79 Å². The average Bonchev–Trinajstić information content (AvgIpc) is 2.61. The molecule has 0 unspecified atom stereocenters. The third-order valence-electron chi connectivity index (χ3n) is 3.53. The Balaban J connectivity index is 2.22. The van der Waals surface area contributed by atoms with Crippen LogP contribution in [0.25, 0.3) is 0 Å². The molecular formula is C17H16N2O6. The van der Waals surface area contributed by atoms with Gasteiger partial charge in [-0.2, -0.15) is 0 Å². The first-order chi connectivity index (χ1) is 11.9. The zero-order chi connectivity index (χ0) is 18.4. The topological polar surface area (TPSA) is 119 Å². The van der Waals surface area contributed by atoms with Crippen LogP contribution in [0.3, 0.4) is 0 Å². The second-order valence-corrected chi connectivity index (χ2v) is 5.19. The molecule has 8 heteroatoms. The van der Waals surface area contributed by atoms with Crippen LogP contribution >= 0.6 is 0 Å². The average molecular weight is 344 g/mol. The quantitative estimate of drug-likeness (QED) is 0.469. The van der Waals surface area contributed by atoms with Crippen LogP contribution < -0.4 is 5.32 Å². The standard InChI is InChI=1S/C17H16N2O6/c1-25-17(22)14(10-12-4-2-3-5-15(12)19(23)24)18-16(21)11-6-8-13(20)9-7-11/h2-9,14,20H,10H2,1H3,(H,18,21)/t14-/m0/s1. The van der Waals surface area contributed by atoms with Crippen molar-refractivity contribution >= 4 is 17.6 Å². The van der Waals surface area contributed by atoms with E-state index in [0.29, 0.717) is 5.56 Å². The lowest BCUT2D eigenvalue weighted by molar-refractivity contribution is -0.385. The maximum absolute atomic E-state index is 12.3. The molecule has 2 aromatic rings. The third-order valence-corrected chi connectivity index (χ3v) is 3.53. The fraction of sp³-hybridized carbons (Fsp3) is 0.176. The molecule has 0 bridgehead atoms. The highest BCUT2D eigenvalue weighted by molar-refractivity contribution is 5.97. The Hall–Kier alpha value is -3.42. The van der Waals surface area contributed by atoms with E-state index in [4.69, 9.17) is 0 Å². The minimum Gasteiger partial charge on any atom is -0.508 e. The molecule has 2 aromatic carbocycles. The van der Waals surface area contributed by atoms with Crippen molar-refractivity contribution in [3.63, 3.8) is 0 Å². The Labute approximate surface area is 143 Å². The number of amides is 1. The van der Waals surface area contributed by atoms with Crippen LogP contribution in [0.1, 0.15) is 15.9 Å². The van der Waals surface area contributed by atoms with Gasteiger partial charge in [0.1, 0.15) is 11.8 Å². The summed E-state index contributed by atoms with van der Waals surface area (Å²) in [6.07, 6.45) is -0.0896. The normalized spacial score (nSPS) is 11.4. The number of phenolic OH excluding ortho intramolecular Hbond substituents is 1. The number of carbonyl (C=O) groups excluding carboxylic acids is 2. The zero-order valence-electron chi connectivity index (χ0n) is 13.3. The number of rotatable bonds is 6. The van der Waals surface area contributed by atoms with Crippen molar-refractivity contribution in [1.29, 1.82) is 0 Å². The molecule has 0 aromatic heterocycles. The molecule has 0 spiro atoms. The first-order valence-electron chi connectivity index (χ1n) is 7.32. The molecule has 2 rings (SSSR count). The SMILES string of the molecule is COC(=O)[C@H](Cc1ccccc1[N+](=O)[O-])NC(=O)c1ccc(O)cc1. The Morgan fingerprint density at radius 1 is 1.20 bits per heavy atom. The molecule has 1 amide bonds. The Morgan fingerprint density at radius 2 is 1.84 bits per heavy atom. The van der Waals surface area contributed by atoms with Gasteiger partial charge in [-0.05, 0) is 24.3 Å². The number of benzene rings is 2. The number of phenols is 1. The number of para-hydroxylation sites is 1. The summed E-state index contributed by atoms with van der Waals surface area (Å²) in [6, 6.07) is 10.3. The Morgan fingerprint density at radius 3 is 2.44 bits per heavy atom. The van der Waals surface area contributed by atoms with E-state index in [0.717, 1.165) is 0 Å². The number of hydrogen-bond donors (Lipinski definition) is 2. The highest BCUT2D eigenvalue weighted by Gasteiger charge is 2.26. The van der Waals surface area contributed by atoms with Crippen LogP contribution in [0.5, 0.6) is 5.75 Å². The third kappa shape index (κ3) is 4.54. The summed E-state index contributed by atoms with van der Waals surface area (Å²) in [4.78, 5) is 34.8. The number of carbonyl (C=O) groups is 2. The molecule has 0 saturated carbocycles. The van der Waals surface area contributed by atoms with E-state index in [1.807, 2.05) is 0 Å². The number of nitro groups is 1. The number of aromatic hydroxyl groups is 1. The first-order valence-corrected chi connectivity index (χ1v) is 7.32. The number of nitrogens with one attached hydrogen (secondary N) is 1. The van der Waals surface area contributed by atoms with Gasteiger partial charge in [0.05, 0.1) is 12.0 Å². The predicted octanol–water partition coefficient (Wildman–Crippen LogP) is 1.81. The van der Waals surface area contributed by atoms with Gasteiger partial charge in [-0.1, -0.05) is 18.2 Å². The van der Waals surface area contributed by atoms with E-state index in [1.165, 1.54) is 49.6 Å². The van der Waals surface area contributed by atoms with Crippen LogP contribution in [-0.4, -0.2) is 35.1 Å². The summed E-state index contributed by atoms with van der Waals surface area (Å²) in [5.74, 6) is -1.28. The van der Waals surface area contributed by atoms with Crippen LogP contribution in [0.15, 0.2) is 48.5 Å². The van der Waals surface area contributed by atoms with Crippen LogP contribution in [-0.2, 0) is 16.0 Å². The minimum atomic E-state index is -1.09. The predicted molar refractivity (Wildman–Crippen MR) is 88.2 cm³/mol. The van der Waals surface area contributed by atoms with Crippen molar-refractivity contribution in [1.82, 2.24) is 5.32 Å². The van der Waals surface area contributed by atoms with Crippen LogP contribution in [0.2, 0.25) is 0 Å². The first kappa shape index (κ1) is 17.9. The van der Waals surface area contributed by atoms with Gasteiger partial charge in [-0.15, -0.1) is 0 Å². The molecule has 2 N–H and O–H groups in total. The molecule has 0 aliphatic heterocycles. The number of methoxy groups -OCH3 is 1. The maximum Gasteiger partial charge on any atom is 0.328 e. The molecule has 0 aliphatic carbocycles. The summed E-state index contributed by atoms with van der Waals surface area (Å²) in [6.45, 7) is 0. The molecule has 25 heavy (non-hydrogen) atoms. The van der Waals surface area contributed by atoms with E-state index in [1.54, 1.807) is 6.07 Å². The summed E-state index contributed by atoms with van der Waals surface area (Å²) < 4.78 is 4.68. The van der Waals surface area contributed by atoms with E-state index in [9.17, 15) is 24.8 Å². The van der Waals surface area contributed by atoms with Crippen molar-refractivity contribution in [3.05, 3.63) is 69.8 Å². The van der Waals surface area contributed by atoms with Crippen molar-refractivity contribution in [3.8, 4) is 5.75 Å². The number of ether oxygens (including phenoxy) is 1. The van der Waals surface area contributed by atoms with Gasteiger partial charge >= 0.3 is 5.97 Å². The van der Waals surface area contributed by atoms with Crippen molar-refractivity contribution in [2.75, 3.05) is 7.11 Å². The molecule has 1 atom stereocenters.